The van der Waals surface area contributed by atoms with E-state index in [0.29, 0.717) is 18.5 Å². The molecule has 0 bridgehead atoms. The summed E-state index contributed by atoms with van der Waals surface area (Å²) in [7, 11) is 1.79. The summed E-state index contributed by atoms with van der Waals surface area (Å²) in [6, 6.07) is 0.471. The molecule has 6 nitrogen and oxygen atoms in total. The number of ether oxygens (including phenoxy) is 2. The molecule has 128 valence electrons. The summed E-state index contributed by atoms with van der Waals surface area (Å²) in [5.41, 5.74) is 0. The van der Waals surface area contributed by atoms with Crippen LogP contribution < -0.4 is 10.6 Å². The highest BCUT2D eigenvalue weighted by atomic mass is 127. The number of nitrogens with one attached hydrogen (secondary N) is 2. The lowest BCUT2D eigenvalue weighted by molar-refractivity contribution is 0.00247. The Balaban J connectivity index is 0.00000242. The van der Waals surface area contributed by atoms with E-state index in [2.05, 4.69) is 27.1 Å². The summed E-state index contributed by atoms with van der Waals surface area (Å²) < 4.78 is 11.1. The lowest BCUT2D eigenvalue weighted by Gasteiger charge is -2.37. The van der Waals surface area contributed by atoms with Gasteiger partial charge in [0.05, 0.1) is 19.8 Å². The fourth-order valence-corrected chi connectivity index (χ4v) is 2.95. The minimum atomic E-state index is 0. The first kappa shape index (κ1) is 19.7. The van der Waals surface area contributed by atoms with E-state index in [4.69, 9.17) is 9.47 Å². The molecule has 0 aliphatic carbocycles. The maximum absolute atomic E-state index is 5.58. The van der Waals surface area contributed by atoms with Crippen LogP contribution in [0.15, 0.2) is 17.6 Å². The van der Waals surface area contributed by atoms with Crippen LogP contribution in [-0.4, -0.2) is 76.6 Å². The van der Waals surface area contributed by atoms with Crippen molar-refractivity contribution in [2.75, 3.05) is 59.7 Å². The molecule has 22 heavy (non-hydrogen) atoms. The normalized spacial score (nSPS) is 24.4. The summed E-state index contributed by atoms with van der Waals surface area (Å²) in [6.07, 6.45) is 2.97. The molecule has 0 aromatic rings. The molecule has 2 rings (SSSR count). The molecule has 0 spiro atoms. The van der Waals surface area contributed by atoms with Crippen molar-refractivity contribution in [3.8, 4) is 0 Å². The molecule has 2 unspecified atom stereocenters. The van der Waals surface area contributed by atoms with Crippen LogP contribution in [0.25, 0.3) is 0 Å². The Bertz CT molecular complexity index is 342. The van der Waals surface area contributed by atoms with Crippen molar-refractivity contribution in [2.45, 2.75) is 12.5 Å². The summed E-state index contributed by atoms with van der Waals surface area (Å²) >= 11 is 0. The molecule has 2 atom stereocenters. The Hall–Kier alpha value is -0.380. The molecule has 2 fully saturated rings. The minimum absolute atomic E-state index is 0. The van der Waals surface area contributed by atoms with Gasteiger partial charge in [-0.3, -0.25) is 9.89 Å². The standard InChI is InChI=1S/C15H28N4O2.HI/c1-3-5-17-15(16-2)18-11-14(13-4-8-21-12-13)19-6-9-20-10-7-19;/h3,13-14H,1,4-12H2,2H3,(H2,16,17,18);1H. The van der Waals surface area contributed by atoms with Gasteiger partial charge in [-0.25, -0.2) is 0 Å². The minimum Gasteiger partial charge on any atom is -0.381 e. The van der Waals surface area contributed by atoms with E-state index in [0.717, 1.165) is 58.4 Å². The molecule has 0 saturated carbocycles. The Morgan fingerprint density at radius 1 is 1.32 bits per heavy atom. The molecule has 2 aliphatic heterocycles. The predicted octanol–water partition coefficient (Wildman–Crippen LogP) is 0.693. The van der Waals surface area contributed by atoms with Gasteiger partial charge in [0.2, 0.25) is 0 Å². The molecule has 0 aromatic heterocycles. The van der Waals surface area contributed by atoms with Gasteiger partial charge in [-0.2, -0.15) is 0 Å². The van der Waals surface area contributed by atoms with Crippen molar-refractivity contribution in [3.63, 3.8) is 0 Å². The van der Waals surface area contributed by atoms with Crippen LogP contribution in [0.5, 0.6) is 0 Å². The Kier molecular flexibility index (Phi) is 10.0. The van der Waals surface area contributed by atoms with Crippen LogP contribution in [0, 0.1) is 5.92 Å². The van der Waals surface area contributed by atoms with E-state index < -0.39 is 0 Å². The third-order valence-corrected chi connectivity index (χ3v) is 4.14. The van der Waals surface area contributed by atoms with Gasteiger partial charge in [-0.15, -0.1) is 30.6 Å². The second kappa shape index (κ2) is 11.2. The Morgan fingerprint density at radius 3 is 2.68 bits per heavy atom. The zero-order valence-electron chi connectivity index (χ0n) is 13.4. The van der Waals surface area contributed by atoms with Gasteiger partial charge < -0.3 is 20.1 Å². The van der Waals surface area contributed by atoms with Gasteiger partial charge in [0.25, 0.3) is 0 Å². The van der Waals surface area contributed by atoms with E-state index in [1.165, 1.54) is 0 Å². The summed E-state index contributed by atoms with van der Waals surface area (Å²) in [4.78, 5) is 6.77. The molecular weight excluding hydrogens is 395 g/mol. The first-order valence-corrected chi connectivity index (χ1v) is 7.80. The molecule has 2 N–H and O–H groups in total. The lowest BCUT2D eigenvalue weighted by Crippen LogP contribution is -2.53. The largest absolute Gasteiger partial charge is 0.381 e. The van der Waals surface area contributed by atoms with E-state index in [1.54, 1.807) is 7.05 Å². The van der Waals surface area contributed by atoms with E-state index >= 15 is 0 Å². The van der Waals surface area contributed by atoms with E-state index in [1.807, 2.05) is 6.08 Å². The smallest absolute Gasteiger partial charge is 0.191 e. The van der Waals surface area contributed by atoms with Gasteiger partial charge in [0.15, 0.2) is 5.96 Å². The summed E-state index contributed by atoms with van der Waals surface area (Å²) in [5, 5.41) is 6.65. The van der Waals surface area contributed by atoms with Crippen molar-refractivity contribution in [1.82, 2.24) is 15.5 Å². The van der Waals surface area contributed by atoms with Crippen molar-refractivity contribution in [1.29, 1.82) is 0 Å². The Morgan fingerprint density at radius 2 is 2.09 bits per heavy atom. The number of nitrogens with zero attached hydrogens (tertiary/aromatic N) is 2. The molecule has 0 aromatic carbocycles. The second-order valence-electron chi connectivity index (χ2n) is 5.46. The van der Waals surface area contributed by atoms with Gasteiger partial charge in [-0.1, -0.05) is 6.08 Å². The molecule has 2 saturated heterocycles. The average Bonchev–Trinajstić information content (AvgIpc) is 3.06. The zero-order chi connectivity index (χ0) is 14.9. The number of guanidine groups is 1. The second-order valence-corrected chi connectivity index (χ2v) is 5.46. The first-order valence-electron chi connectivity index (χ1n) is 7.80. The summed E-state index contributed by atoms with van der Waals surface area (Å²) in [6.45, 7) is 10.7. The van der Waals surface area contributed by atoms with Crippen LogP contribution in [0.2, 0.25) is 0 Å². The number of rotatable bonds is 6. The van der Waals surface area contributed by atoms with Crippen molar-refractivity contribution >= 4 is 29.9 Å². The van der Waals surface area contributed by atoms with Crippen LogP contribution in [0.1, 0.15) is 6.42 Å². The van der Waals surface area contributed by atoms with Gasteiger partial charge in [0, 0.05) is 51.8 Å². The van der Waals surface area contributed by atoms with Gasteiger partial charge in [0.1, 0.15) is 0 Å². The molecule has 7 heteroatoms. The molecule has 0 radical (unpaired) electrons. The number of morpholine rings is 1. The van der Waals surface area contributed by atoms with Crippen LogP contribution >= 0.6 is 24.0 Å². The molecular formula is C15H29IN4O2. The van der Waals surface area contributed by atoms with Crippen LogP contribution in [0.3, 0.4) is 0 Å². The quantitative estimate of drug-likeness (QED) is 0.285. The highest BCUT2D eigenvalue weighted by Gasteiger charge is 2.31. The number of halogens is 1. The summed E-state index contributed by atoms with van der Waals surface area (Å²) in [5.74, 6) is 1.42. The third-order valence-electron chi connectivity index (χ3n) is 4.14. The Labute approximate surface area is 150 Å². The number of hydrogen-bond donors (Lipinski definition) is 2. The fourth-order valence-electron chi connectivity index (χ4n) is 2.95. The van der Waals surface area contributed by atoms with E-state index in [9.17, 15) is 0 Å². The molecule has 2 aliphatic rings. The molecule has 0 amide bonds. The third kappa shape index (κ3) is 6.02. The predicted molar refractivity (Wildman–Crippen MR) is 100 cm³/mol. The zero-order valence-corrected chi connectivity index (χ0v) is 15.8. The lowest BCUT2D eigenvalue weighted by atomic mass is 9.97. The van der Waals surface area contributed by atoms with Crippen molar-refractivity contribution < 1.29 is 9.47 Å². The fraction of sp³-hybridized carbons (Fsp3) is 0.800. The number of aliphatic imine (C=N–C) groups is 1. The van der Waals surface area contributed by atoms with Gasteiger partial charge >= 0.3 is 0 Å². The van der Waals surface area contributed by atoms with Crippen molar-refractivity contribution in [2.24, 2.45) is 10.9 Å². The highest BCUT2D eigenvalue weighted by molar-refractivity contribution is 14.0. The highest BCUT2D eigenvalue weighted by Crippen LogP contribution is 2.21. The SMILES string of the molecule is C=CCNC(=NC)NCC(C1CCOC1)N1CCOCC1.I. The topological polar surface area (TPSA) is 58.1 Å². The maximum Gasteiger partial charge on any atom is 0.191 e. The first-order chi connectivity index (χ1) is 10.3. The molecule has 2 heterocycles. The maximum atomic E-state index is 5.58. The van der Waals surface area contributed by atoms with Crippen LogP contribution in [-0.2, 0) is 9.47 Å². The van der Waals surface area contributed by atoms with E-state index in [-0.39, 0.29) is 24.0 Å². The van der Waals surface area contributed by atoms with Crippen LogP contribution in [0.4, 0.5) is 0 Å². The average molecular weight is 424 g/mol. The van der Waals surface area contributed by atoms with Gasteiger partial charge in [-0.05, 0) is 6.42 Å². The number of hydrogen-bond acceptors (Lipinski definition) is 4. The monoisotopic (exact) mass is 424 g/mol. The van der Waals surface area contributed by atoms with Crippen molar-refractivity contribution in [3.05, 3.63) is 12.7 Å².